The van der Waals surface area contributed by atoms with Crippen LogP contribution in [0.1, 0.15) is 33.9 Å². The van der Waals surface area contributed by atoms with Crippen LogP contribution in [0.2, 0.25) is 0 Å². The van der Waals surface area contributed by atoms with Gasteiger partial charge in [-0.15, -0.1) is 0 Å². The minimum absolute atomic E-state index is 0.203. The Labute approximate surface area is 226 Å². The molecular weight excluding hydrogens is 530 g/mol. The van der Waals surface area contributed by atoms with Crippen molar-refractivity contribution in [3.8, 4) is 0 Å². The van der Waals surface area contributed by atoms with Crippen molar-refractivity contribution in [1.29, 1.82) is 0 Å². The Morgan fingerprint density at radius 2 is 1.62 bits per heavy atom. The molecule has 212 valence electrons. The van der Waals surface area contributed by atoms with Crippen LogP contribution >= 0.6 is 0 Å². The summed E-state index contributed by atoms with van der Waals surface area (Å²) in [5, 5.41) is 10.7. The maximum atomic E-state index is 13.2. The molecule has 5 atom stereocenters. The molecule has 15 nitrogen and oxygen atoms in total. The van der Waals surface area contributed by atoms with E-state index >= 15 is 0 Å². The van der Waals surface area contributed by atoms with Gasteiger partial charge in [-0.25, -0.2) is 4.79 Å². The van der Waals surface area contributed by atoms with Crippen LogP contribution in [-0.2, 0) is 42.9 Å². The van der Waals surface area contributed by atoms with Crippen molar-refractivity contribution in [2.24, 2.45) is 0 Å². The van der Waals surface area contributed by atoms with Crippen molar-refractivity contribution in [2.75, 3.05) is 11.9 Å². The van der Waals surface area contributed by atoms with Crippen molar-refractivity contribution in [3.05, 3.63) is 47.1 Å². The molecule has 0 saturated carbocycles. The van der Waals surface area contributed by atoms with Gasteiger partial charge in [-0.2, -0.15) is 10.1 Å². The van der Waals surface area contributed by atoms with E-state index in [-0.39, 0.29) is 5.82 Å². The lowest BCUT2D eigenvalue weighted by Crippen LogP contribution is -2.61. The van der Waals surface area contributed by atoms with Crippen LogP contribution in [0.3, 0.4) is 0 Å². The molecular formula is C25H27N5O10. The van der Waals surface area contributed by atoms with Crippen LogP contribution < -0.4 is 11.0 Å². The second-order valence-corrected chi connectivity index (χ2v) is 8.89. The number of esters is 4. The number of anilines is 2. The first kappa shape index (κ1) is 28.2. The predicted octanol–water partition coefficient (Wildman–Crippen LogP) is 1.12. The van der Waals surface area contributed by atoms with E-state index in [4.69, 9.17) is 23.7 Å². The van der Waals surface area contributed by atoms with Gasteiger partial charge in [0.25, 0.3) is 0 Å². The normalized spacial score (nSPS) is 22.2. The zero-order valence-electron chi connectivity index (χ0n) is 22.0. The van der Waals surface area contributed by atoms with Gasteiger partial charge in [-0.05, 0) is 24.3 Å². The summed E-state index contributed by atoms with van der Waals surface area (Å²) < 4.78 is 28.3. The standard InChI is InChI=1S/C25H27N5O10/c1-12(31)36-11-19-21(37-13(2)32)22(38-14(3)33)23(39-15(4)34)24(40-19)30-8-7-20(28-25(30)35)27-17-5-6-18-16(9-17)10-26-29-18/h5-10,19,21-24H,11H2,1-4H3,(H,26,29)(H,27,28,35)/t19-,21-,22+,23-,24-/m1/s1. The Morgan fingerprint density at radius 1 is 0.950 bits per heavy atom. The lowest BCUT2D eigenvalue weighted by atomic mass is 9.97. The van der Waals surface area contributed by atoms with Crippen LogP contribution in [0.5, 0.6) is 0 Å². The van der Waals surface area contributed by atoms with Gasteiger partial charge in [0.1, 0.15) is 18.5 Å². The Bertz CT molecular complexity index is 1480. The maximum absolute atomic E-state index is 13.2. The lowest BCUT2D eigenvalue weighted by Gasteiger charge is -2.44. The SMILES string of the molecule is CC(=O)OC[C@H]1O[C@@H](n2ccc(Nc3ccc4[nH]ncc4c3)nc2=O)[C@H](OC(C)=O)[C@@H](OC(C)=O)[C@@H]1OC(C)=O. The number of rotatable bonds is 8. The third-order valence-corrected chi connectivity index (χ3v) is 5.78. The van der Waals surface area contributed by atoms with Crippen LogP contribution in [0.4, 0.5) is 11.5 Å². The largest absolute Gasteiger partial charge is 0.463 e. The molecule has 1 aliphatic heterocycles. The average molecular weight is 558 g/mol. The highest BCUT2D eigenvalue weighted by Crippen LogP contribution is 2.34. The number of ether oxygens (including phenoxy) is 5. The number of fused-ring (bicyclic) bond motifs is 1. The van der Waals surface area contributed by atoms with Crippen LogP contribution in [-0.4, -0.2) is 74.6 Å². The summed E-state index contributed by atoms with van der Waals surface area (Å²) in [4.78, 5) is 64.7. The summed E-state index contributed by atoms with van der Waals surface area (Å²) in [7, 11) is 0. The first-order valence-electron chi connectivity index (χ1n) is 12.1. The zero-order chi connectivity index (χ0) is 29.0. The van der Waals surface area contributed by atoms with Crippen LogP contribution in [0.15, 0.2) is 41.5 Å². The molecule has 0 unspecified atom stereocenters. The predicted molar refractivity (Wildman–Crippen MR) is 135 cm³/mol. The maximum Gasteiger partial charge on any atom is 0.351 e. The van der Waals surface area contributed by atoms with Gasteiger partial charge in [0, 0.05) is 45.0 Å². The van der Waals surface area contributed by atoms with Crippen molar-refractivity contribution >= 4 is 46.3 Å². The lowest BCUT2D eigenvalue weighted by molar-refractivity contribution is -0.269. The quantitative estimate of drug-likeness (QED) is 0.296. The molecule has 1 saturated heterocycles. The average Bonchev–Trinajstić information content (AvgIpc) is 3.33. The summed E-state index contributed by atoms with van der Waals surface area (Å²) in [6.45, 7) is 4.07. The smallest absolute Gasteiger partial charge is 0.351 e. The summed E-state index contributed by atoms with van der Waals surface area (Å²) >= 11 is 0. The fourth-order valence-electron chi connectivity index (χ4n) is 4.27. The third-order valence-electron chi connectivity index (χ3n) is 5.78. The van der Waals surface area contributed by atoms with E-state index in [1.807, 2.05) is 12.1 Å². The zero-order valence-corrected chi connectivity index (χ0v) is 22.0. The van der Waals surface area contributed by atoms with E-state index < -0.39 is 66.8 Å². The monoisotopic (exact) mass is 557 g/mol. The molecule has 1 aliphatic rings. The molecule has 0 bridgehead atoms. The van der Waals surface area contributed by atoms with E-state index in [1.54, 1.807) is 12.3 Å². The number of nitrogens with one attached hydrogen (secondary N) is 2. The molecule has 3 heterocycles. The first-order chi connectivity index (χ1) is 19.0. The minimum Gasteiger partial charge on any atom is -0.463 e. The topological polar surface area (TPSA) is 190 Å². The first-order valence-corrected chi connectivity index (χ1v) is 12.1. The van der Waals surface area contributed by atoms with E-state index in [2.05, 4.69) is 20.5 Å². The van der Waals surface area contributed by atoms with Gasteiger partial charge in [0.2, 0.25) is 0 Å². The van der Waals surface area contributed by atoms with Gasteiger partial charge in [0.05, 0.1) is 11.7 Å². The molecule has 15 heteroatoms. The molecule has 40 heavy (non-hydrogen) atoms. The Hall–Kier alpha value is -4.79. The molecule has 4 rings (SSSR count). The third kappa shape index (κ3) is 6.61. The van der Waals surface area contributed by atoms with Crippen LogP contribution in [0, 0.1) is 0 Å². The van der Waals surface area contributed by atoms with Gasteiger partial charge >= 0.3 is 29.6 Å². The van der Waals surface area contributed by atoms with E-state index in [0.717, 1.165) is 43.2 Å². The van der Waals surface area contributed by atoms with Gasteiger partial charge in [-0.1, -0.05) is 0 Å². The highest BCUT2D eigenvalue weighted by atomic mass is 16.7. The highest BCUT2D eigenvalue weighted by Gasteiger charge is 2.53. The summed E-state index contributed by atoms with van der Waals surface area (Å²) in [5.41, 5.74) is 0.665. The molecule has 3 aromatic rings. The minimum atomic E-state index is -1.44. The molecule has 2 N–H and O–H groups in total. The van der Waals surface area contributed by atoms with E-state index in [1.165, 1.54) is 12.3 Å². The second kappa shape index (κ2) is 11.9. The van der Waals surface area contributed by atoms with E-state index in [9.17, 15) is 24.0 Å². The highest BCUT2D eigenvalue weighted by molar-refractivity contribution is 5.82. The fourth-order valence-corrected chi connectivity index (χ4v) is 4.27. The number of aromatic nitrogens is 4. The molecule has 0 radical (unpaired) electrons. The summed E-state index contributed by atoms with van der Waals surface area (Å²) in [6, 6.07) is 6.87. The van der Waals surface area contributed by atoms with Crippen molar-refractivity contribution in [1.82, 2.24) is 19.7 Å². The van der Waals surface area contributed by atoms with Crippen molar-refractivity contribution < 1.29 is 42.9 Å². The number of carbonyl (C=O) groups is 4. The number of aromatic amines is 1. The summed E-state index contributed by atoms with van der Waals surface area (Å²) in [6.07, 6.45) is -3.83. The number of hydrogen-bond acceptors (Lipinski definition) is 13. The fraction of sp³-hybridized carbons (Fsp3) is 0.400. The number of carbonyl (C=O) groups excluding carboxylic acids is 4. The number of hydrogen-bond donors (Lipinski definition) is 2. The number of H-pyrrole nitrogens is 1. The van der Waals surface area contributed by atoms with Gasteiger partial charge in [0.15, 0.2) is 24.5 Å². The second-order valence-electron chi connectivity index (χ2n) is 8.89. The molecule has 2 aromatic heterocycles. The molecule has 1 fully saturated rings. The number of nitrogens with zero attached hydrogens (tertiary/aromatic N) is 3. The van der Waals surface area contributed by atoms with Gasteiger partial charge < -0.3 is 29.0 Å². The molecule has 0 spiro atoms. The number of benzene rings is 1. The molecule has 0 amide bonds. The Morgan fingerprint density at radius 3 is 2.27 bits per heavy atom. The van der Waals surface area contributed by atoms with Crippen molar-refractivity contribution in [2.45, 2.75) is 58.3 Å². The molecule has 0 aliphatic carbocycles. The van der Waals surface area contributed by atoms with Gasteiger partial charge in [-0.3, -0.25) is 28.8 Å². The van der Waals surface area contributed by atoms with Crippen molar-refractivity contribution in [3.63, 3.8) is 0 Å². The Kier molecular flexibility index (Phi) is 8.43. The summed E-state index contributed by atoms with van der Waals surface area (Å²) in [5.74, 6) is -2.79. The van der Waals surface area contributed by atoms with E-state index in [0.29, 0.717) is 5.69 Å². The molecule has 1 aromatic carbocycles. The Balaban J connectivity index is 1.70. The van der Waals surface area contributed by atoms with Crippen LogP contribution in [0.25, 0.3) is 10.9 Å².